The van der Waals surface area contributed by atoms with Gasteiger partial charge >= 0.3 is 0 Å². The summed E-state index contributed by atoms with van der Waals surface area (Å²) in [6.45, 7) is 5.54. The van der Waals surface area contributed by atoms with Crippen LogP contribution in [0.15, 0.2) is 12.7 Å². The van der Waals surface area contributed by atoms with Gasteiger partial charge in [-0.3, -0.25) is 0 Å². The zero-order valence-corrected chi connectivity index (χ0v) is 12.8. The van der Waals surface area contributed by atoms with Crippen molar-refractivity contribution in [1.82, 2.24) is 29.7 Å². The van der Waals surface area contributed by atoms with Crippen LogP contribution in [0, 0.1) is 0 Å². The van der Waals surface area contributed by atoms with E-state index in [0.717, 1.165) is 26.0 Å². The molecule has 2 rings (SSSR count). The van der Waals surface area contributed by atoms with Crippen LogP contribution in [0.4, 0.5) is 5.95 Å². The number of hydrogen-bond acceptors (Lipinski definition) is 7. The summed E-state index contributed by atoms with van der Waals surface area (Å²) in [5, 5.41) is 7.18. The molecule has 21 heavy (non-hydrogen) atoms. The highest BCUT2D eigenvalue weighted by molar-refractivity contribution is 6.28. The summed E-state index contributed by atoms with van der Waals surface area (Å²) in [5.41, 5.74) is 0. The van der Waals surface area contributed by atoms with Crippen LogP contribution in [-0.4, -0.2) is 49.0 Å². The normalized spacial score (nSPS) is 11.0. The number of halogens is 1. The number of aromatic nitrogens is 6. The van der Waals surface area contributed by atoms with Crippen molar-refractivity contribution < 1.29 is 4.74 Å². The molecular formula is C12H18ClN7O. The maximum absolute atomic E-state index is 5.88. The number of anilines is 1. The van der Waals surface area contributed by atoms with Crippen molar-refractivity contribution in [1.29, 1.82) is 0 Å². The molecule has 0 atom stereocenters. The highest BCUT2D eigenvalue weighted by Crippen LogP contribution is 2.08. The number of ether oxygens (including phenoxy) is 1. The van der Waals surface area contributed by atoms with Crippen LogP contribution in [0.25, 0.3) is 5.95 Å². The van der Waals surface area contributed by atoms with Crippen molar-refractivity contribution in [2.24, 2.45) is 0 Å². The second-order valence-corrected chi connectivity index (χ2v) is 4.96. The summed E-state index contributed by atoms with van der Waals surface area (Å²) in [7, 11) is 0. The molecule has 2 heterocycles. The lowest BCUT2D eigenvalue weighted by molar-refractivity contribution is 0.0765. The van der Waals surface area contributed by atoms with E-state index in [0.29, 0.717) is 11.9 Å². The fourth-order valence-electron chi connectivity index (χ4n) is 1.58. The zero-order valence-electron chi connectivity index (χ0n) is 12.0. The summed E-state index contributed by atoms with van der Waals surface area (Å²) < 4.78 is 6.90. The van der Waals surface area contributed by atoms with Crippen LogP contribution in [0.5, 0.6) is 0 Å². The van der Waals surface area contributed by atoms with Crippen LogP contribution in [0.3, 0.4) is 0 Å². The van der Waals surface area contributed by atoms with E-state index in [1.165, 1.54) is 17.3 Å². The Hall–Kier alpha value is -1.80. The largest absolute Gasteiger partial charge is 0.379 e. The van der Waals surface area contributed by atoms with E-state index in [-0.39, 0.29) is 11.4 Å². The minimum absolute atomic E-state index is 0.112. The molecule has 2 aromatic heterocycles. The van der Waals surface area contributed by atoms with Crippen LogP contribution in [0.1, 0.15) is 26.7 Å². The number of nitrogens with zero attached hydrogens (tertiary/aromatic N) is 6. The Labute approximate surface area is 127 Å². The Bertz CT molecular complexity index is 547. The molecule has 9 heteroatoms. The van der Waals surface area contributed by atoms with Gasteiger partial charge in [0.2, 0.25) is 11.2 Å². The summed E-state index contributed by atoms with van der Waals surface area (Å²) >= 11 is 5.88. The second-order valence-electron chi connectivity index (χ2n) is 4.62. The van der Waals surface area contributed by atoms with Crippen LogP contribution < -0.4 is 5.32 Å². The standard InChI is InChI=1S/C12H18ClN7O/c1-9(2)21-6-4-3-5-15-11-17-10(13)18-12(19-11)20-8-14-7-16-20/h7-9H,3-6H2,1-2H3,(H,15,17,18,19). The zero-order chi connectivity index (χ0) is 15.1. The van der Waals surface area contributed by atoms with Crippen molar-refractivity contribution in [3.8, 4) is 5.95 Å². The van der Waals surface area contributed by atoms with Crippen molar-refractivity contribution >= 4 is 17.5 Å². The first-order chi connectivity index (χ1) is 10.1. The molecule has 0 amide bonds. The Morgan fingerprint density at radius 3 is 2.86 bits per heavy atom. The lowest BCUT2D eigenvalue weighted by Crippen LogP contribution is -2.11. The van der Waals surface area contributed by atoms with Gasteiger partial charge < -0.3 is 10.1 Å². The smallest absolute Gasteiger partial charge is 0.258 e. The second kappa shape index (κ2) is 7.84. The fourth-order valence-corrected chi connectivity index (χ4v) is 1.73. The van der Waals surface area contributed by atoms with Gasteiger partial charge in [0.1, 0.15) is 12.7 Å². The van der Waals surface area contributed by atoms with Gasteiger partial charge in [-0.25, -0.2) is 4.98 Å². The maximum Gasteiger partial charge on any atom is 0.258 e. The minimum atomic E-state index is 0.112. The van der Waals surface area contributed by atoms with E-state index in [4.69, 9.17) is 16.3 Å². The van der Waals surface area contributed by atoms with E-state index < -0.39 is 0 Å². The van der Waals surface area contributed by atoms with Gasteiger partial charge in [0.15, 0.2) is 0 Å². The molecule has 0 spiro atoms. The summed E-state index contributed by atoms with van der Waals surface area (Å²) in [4.78, 5) is 16.1. The molecule has 0 radical (unpaired) electrons. The van der Waals surface area contributed by atoms with Crippen LogP contribution in [0.2, 0.25) is 5.28 Å². The van der Waals surface area contributed by atoms with Crippen molar-refractivity contribution in [3.63, 3.8) is 0 Å². The van der Waals surface area contributed by atoms with Gasteiger partial charge in [0.25, 0.3) is 5.95 Å². The Morgan fingerprint density at radius 2 is 2.14 bits per heavy atom. The molecule has 0 aliphatic heterocycles. The summed E-state index contributed by atoms with van der Waals surface area (Å²) in [5.74, 6) is 0.753. The molecule has 0 fully saturated rings. The molecule has 114 valence electrons. The van der Waals surface area contributed by atoms with Gasteiger partial charge in [-0.15, -0.1) is 0 Å². The van der Waals surface area contributed by atoms with Gasteiger partial charge in [-0.05, 0) is 38.3 Å². The predicted molar refractivity (Wildman–Crippen MR) is 78.6 cm³/mol. The van der Waals surface area contributed by atoms with Gasteiger partial charge in [0.05, 0.1) is 6.10 Å². The van der Waals surface area contributed by atoms with E-state index in [1.54, 1.807) is 0 Å². The Morgan fingerprint density at radius 1 is 1.29 bits per heavy atom. The van der Waals surface area contributed by atoms with Gasteiger partial charge in [-0.2, -0.15) is 24.7 Å². The van der Waals surface area contributed by atoms with Crippen molar-refractivity contribution in [2.45, 2.75) is 32.8 Å². The highest BCUT2D eigenvalue weighted by Gasteiger charge is 2.07. The third-order valence-electron chi connectivity index (χ3n) is 2.53. The molecule has 0 aromatic carbocycles. The molecule has 0 saturated carbocycles. The predicted octanol–water partition coefficient (Wildman–Crippen LogP) is 1.72. The summed E-state index contributed by atoms with van der Waals surface area (Å²) in [6, 6.07) is 0. The lowest BCUT2D eigenvalue weighted by atomic mass is 10.3. The van der Waals surface area contributed by atoms with Gasteiger partial charge in [-0.1, -0.05) is 0 Å². The number of hydrogen-bond donors (Lipinski definition) is 1. The molecule has 2 aromatic rings. The minimum Gasteiger partial charge on any atom is -0.379 e. The molecule has 0 unspecified atom stereocenters. The third kappa shape index (κ3) is 5.24. The number of nitrogens with one attached hydrogen (secondary N) is 1. The molecular weight excluding hydrogens is 294 g/mol. The number of rotatable bonds is 8. The third-order valence-corrected chi connectivity index (χ3v) is 2.69. The lowest BCUT2D eigenvalue weighted by Gasteiger charge is -2.08. The van der Waals surface area contributed by atoms with E-state index in [9.17, 15) is 0 Å². The number of unbranched alkanes of at least 4 members (excludes halogenated alkanes) is 1. The van der Waals surface area contributed by atoms with E-state index in [1.807, 2.05) is 13.8 Å². The maximum atomic E-state index is 5.88. The molecule has 1 N–H and O–H groups in total. The topological polar surface area (TPSA) is 90.6 Å². The fraction of sp³-hybridized carbons (Fsp3) is 0.583. The van der Waals surface area contributed by atoms with Crippen molar-refractivity contribution in [2.75, 3.05) is 18.5 Å². The SMILES string of the molecule is CC(C)OCCCCNc1nc(Cl)nc(-n2cncn2)n1. The van der Waals surface area contributed by atoms with Crippen LogP contribution in [-0.2, 0) is 4.74 Å². The quantitative estimate of drug-likeness (QED) is 0.742. The van der Waals surface area contributed by atoms with E-state index >= 15 is 0 Å². The van der Waals surface area contributed by atoms with Crippen LogP contribution >= 0.6 is 11.6 Å². The molecule has 8 nitrogen and oxygen atoms in total. The first-order valence-corrected chi connectivity index (χ1v) is 7.15. The molecule has 0 aliphatic rings. The monoisotopic (exact) mass is 311 g/mol. The average molecular weight is 312 g/mol. The Balaban J connectivity index is 1.83. The highest BCUT2D eigenvalue weighted by atomic mass is 35.5. The Kier molecular flexibility index (Phi) is 5.82. The van der Waals surface area contributed by atoms with Crippen molar-refractivity contribution in [3.05, 3.63) is 17.9 Å². The first kappa shape index (κ1) is 15.6. The molecule has 0 bridgehead atoms. The van der Waals surface area contributed by atoms with Gasteiger partial charge in [0, 0.05) is 13.2 Å². The molecule has 0 aliphatic carbocycles. The summed E-state index contributed by atoms with van der Waals surface area (Å²) in [6.07, 6.45) is 5.10. The average Bonchev–Trinajstić information content (AvgIpc) is 2.96. The molecule has 0 saturated heterocycles. The van der Waals surface area contributed by atoms with E-state index in [2.05, 4.69) is 30.4 Å². The first-order valence-electron chi connectivity index (χ1n) is 6.77.